The van der Waals surface area contributed by atoms with Crippen LogP contribution in [0.25, 0.3) is 10.1 Å². The summed E-state index contributed by atoms with van der Waals surface area (Å²) in [7, 11) is 1.31. The van der Waals surface area contributed by atoms with Gasteiger partial charge in [-0.15, -0.1) is 11.3 Å². The van der Waals surface area contributed by atoms with Crippen molar-refractivity contribution in [2.24, 2.45) is 0 Å². The van der Waals surface area contributed by atoms with E-state index in [0.29, 0.717) is 27.8 Å². The van der Waals surface area contributed by atoms with E-state index in [1.165, 1.54) is 18.4 Å². The summed E-state index contributed by atoms with van der Waals surface area (Å²) >= 11 is 7.44. The fraction of sp³-hybridized carbons (Fsp3) is 0.188. The van der Waals surface area contributed by atoms with Crippen molar-refractivity contribution in [3.05, 3.63) is 46.1 Å². The molecule has 0 saturated heterocycles. The number of ether oxygens (including phenoxy) is 1. The van der Waals surface area contributed by atoms with E-state index >= 15 is 0 Å². The third-order valence-electron chi connectivity index (χ3n) is 3.46. The Morgan fingerprint density at radius 1 is 1.38 bits per heavy atom. The van der Waals surface area contributed by atoms with Gasteiger partial charge in [-0.3, -0.25) is 9.48 Å². The number of nitrogens with one attached hydrogen (secondary N) is 1. The minimum atomic E-state index is -0.475. The Morgan fingerprint density at radius 3 is 2.83 bits per heavy atom. The number of methoxy groups -OCH3 is 1. The van der Waals surface area contributed by atoms with Crippen molar-refractivity contribution >= 4 is 50.6 Å². The SMILES string of the molecule is CCn1ccc(C(=O)Nc2ccc3c(Cl)c(C(=O)OC)sc3c2)n1. The van der Waals surface area contributed by atoms with E-state index in [1.54, 1.807) is 35.1 Å². The summed E-state index contributed by atoms with van der Waals surface area (Å²) < 4.78 is 7.19. The number of hydrogen-bond acceptors (Lipinski definition) is 5. The zero-order valence-electron chi connectivity index (χ0n) is 13.0. The number of benzene rings is 1. The zero-order chi connectivity index (χ0) is 17.3. The van der Waals surface area contributed by atoms with Crippen molar-refractivity contribution in [3.63, 3.8) is 0 Å². The van der Waals surface area contributed by atoms with E-state index in [4.69, 9.17) is 16.3 Å². The molecule has 0 unspecified atom stereocenters. The summed E-state index contributed by atoms with van der Waals surface area (Å²) in [6.07, 6.45) is 1.75. The van der Waals surface area contributed by atoms with Crippen LogP contribution in [0.15, 0.2) is 30.5 Å². The zero-order valence-corrected chi connectivity index (χ0v) is 14.6. The van der Waals surface area contributed by atoms with Crippen LogP contribution >= 0.6 is 22.9 Å². The summed E-state index contributed by atoms with van der Waals surface area (Å²) in [6.45, 7) is 2.64. The molecule has 0 fully saturated rings. The van der Waals surface area contributed by atoms with Crippen LogP contribution < -0.4 is 5.32 Å². The monoisotopic (exact) mass is 363 g/mol. The van der Waals surface area contributed by atoms with Crippen LogP contribution in [0.3, 0.4) is 0 Å². The topological polar surface area (TPSA) is 73.2 Å². The standard InChI is InChI=1S/C16H14ClN3O3S/c1-3-20-7-6-11(19-20)15(21)18-9-4-5-10-12(8-9)24-14(13(10)17)16(22)23-2/h4-8H,3H2,1-2H3,(H,18,21). The molecule has 124 valence electrons. The molecule has 3 rings (SSSR count). The molecule has 0 bridgehead atoms. The van der Waals surface area contributed by atoms with Gasteiger partial charge in [-0.05, 0) is 31.2 Å². The number of amides is 1. The lowest BCUT2D eigenvalue weighted by molar-refractivity contribution is 0.0606. The molecule has 1 N–H and O–H groups in total. The number of aryl methyl sites for hydroxylation is 1. The fourth-order valence-corrected chi connectivity index (χ4v) is 3.69. The minimum Gasteiger partial charge on any atom is -0.465 e. The highest BCUT2D eigenvalue weighted by Gasteiger charge is 2.18. The predicted octanol–water partition coefficient (Wildman–Crippen LogP) is 3.81. The number of anilines is 1. The second-order valence-corrected chi connectivity index (χ2v) is 6.39. The van der Waals surface area contributed by atoms with Gasteiger partial charge in [-0.25, -0.2) is 4.79 Å². The van der Waals surface area contributed by atoms with Crippen LogP contribution in [-0.2, 0) is 11.3 Å². The molecule has 1 aromatic carbocycles. The molecule has 0 aliphatic heterocycles. The molecule has 24 heavy (non-hydrogen) atoms. The normalized spacial score (nSPS) is 10.8. The van der Waals surface area contributed by atoms with Crippen LogP contribution in [0.1, 0.15) is 27.1 Å². The number of nitrogens with zero attached hydrogens (tertiary/aromatic N) is 2. The number of halogens is 1. The number of carbonyl (C=O) groups excluding carboxylic acids is 2. The van der Waals surface area contributed by atoms with Crippen molar-refractivity contribution in [1.29, 1.82) is 0 Å². The Balaban J connectivity index is 1.88. The Labute approximate surface area is 147 Å². The third kappa shape index (κ3) is 3.00. The Morgan fingerprint density at radius 2 is 2.17 bits per heavy atom. The number of rotatable bonds is 4. The first-order chi connectivity index (χ1) is 11.5. The van der Waals surface area contributed by atoms with Gasteiger partial charge in [-0.2, -0.15) is 5.10 Å². The predicted molar refractivity (Wildman–Crippen MR) is 94.0 cm³/mol. The number of thiophene rings is 1. The number of esters is 1. The first-order valence-corrected chi connectivity index (χ1v) is 8.38. The molecule has 6 nitrogen and oxygen atoms in total. The molecule has 0 aliphatic carbocycles. The quantitative estimate of drug-likeness (QED) is 0.715. The number of aromatic nitrogens is 2. The number of hydrogen-bond donors (Lipinski definition) is 1. The fourth-order valence-electron chi connectivity index (χ4n) is 2.22. The third-order valence-corrected chi connectivity index (χ3v) is 5.09. The van der Waals surface area contributed by atoms with Gasteiger partial charge in [0.1, 0.15) is 4.88 Å². The lowest BCUT2D eigenvalue weighted by Gasteiger charge is -2.03. The maximum absolute atomic E-state index is 12.2. The van der Waals surface area contributed by atoms with Gasteiger partial charge in [0, 0.05) is 28.5 Å². The van der Waals surface area contributed by atoms with E-state index in [9.17, 15) is 9.59 Å². The Kier molecular flexibility index (Phi) is 4.55. The number of carbonyl (C=O) groups is 2. The van der Waals surface area contributed by atoms with Gasteiger partial charge in [0.2, 0.25) is 0 Å². The minimum absolute atomic E-state index is 0.294. The highest BCUT2D eigenvalue weighted by molar-refractivity contribution is 7.21. The van der Waals surface area contributed by atoms with Crippen molar-refractivity contribution < 1.29 is 14.3 Å². The molecule has 0 atom stereocenters. The van der Waals surface area contributed by atoms with Crippen molar-refractivity contribution in [3.8, 4) is 0 Å². The molecule has 0 radical (unpaired) electrons. The first-order valence-electron chi connectivity index (χ1n) is 7.18. The van der Waals surface area contributed by atoms with E-state index in [-0.39, 0.29) is 5.91 Å². The van der Waals surface area contributed by atoms with Gasteiger partial charge in [0.25, 0.3) is 5.91 Å². The molecule has 0 spiro atoms. The van der Waals surface area contributed by atoms with Gasteiger partial charge < -0.3 is 10.1 Å². The summed E-state index contributed by atoms with van der Waals surface area (Å²) in [4.78, 5) is 24.3. The van der Waals surface area contributed by atoms with E-state index in [1.807, 2.05) is 6.92 Å². The van der Waals surface area contributed by atoms with Gasteiger partial charge in [0.15, 0.2) is 5.69 Å². The molecular formula is C16H14ClN3O3S. The highest BCUT2D eigenvalue weighted by atomic mass is 35.5. The van der Waals surface area contributed by atoms with Crippen LogP contribution in [0.5, 0.6) is 0 Å². The smallest absolute Gasteiger partial charge is 0.349 e. The lowest BCUT2D eigenvalue weighted by Crippen LogP contribution is -2.13. The van der Waals surface area contributed by atoms with Gasteiger partial charge in [-0.1, -0.05) is 11.6 Å². The average molecular weight is 364 g/mol. The van der Waals surface area contributed by atoms with Crippen LogP contribution in [0.2, 0.25) is 5.02 Å². The van der Waals surface area contributed by atoms with E-state index < -0.39 is 5.97 Å². The molecule has 2 heterocycles. The van der Waals surface area contributed by atoms with E-state index in [0.717, 1.165) is 10.1 Å². The van der Waals surface area contributed by atoms with Crippen LogP contribution in [0, 0.1) is 0 Å². The molecule has 3 aromatic rings. The highest BCUT2D eigenvalue weighted by Crippen LogP contribution is 2.37. The van der Waals surface area contributed by atoms with Crippen molar-refractivity contribution in [1.82, 2.24) is 9.78 Å². The Hall–Kier alpha value is -2.38. The van der Waals surface area contributed by atoms with Crippen LogP contribution in [-0.4, -0.2) is 28.8 Å². The molecule has 8 heteroatoms. The summed E-state index contributed by atoms with van der Waals surface area (Å²) in [5, 5.41) is 8.07. The molecular weight excluding hydrogens is 350 g/mol. The van der Waals surface area contributed by atoms with Gasteiger partial charge >= 0.3 is 5.97 Å². The molecule has 0 saturated carbocycles. The molecule has 1 amide bonds. The Bertz CT molecular complexity index is 932. The number of fused-ring (bicyclic) bond motifs is 1. The maximum atomic E-state index is 12.2. The molecule has 2 aromatic heterocycles. The second-order valence-electron chi connectivity index (χ2n) is 4.96. The first kappa shape index (κ1) is 16.5. The average Bonchev–Trinajstić information content (AvgIpc) is 3.19. The van der Waals surface area contributed by atoms with Gasteiger partial charge in [0.05, 0.1) is 12.1 Å². The summed E-state index contributed by atoms with van der Waals surface area (Å²) in [5.74, 6) is -0.769. The van der Waals surface area contributed by atoms with Crippen molar-refractivity contribution in [2.45, 2.75) is 13.5 Å². The largest absolute Gasteiger partial charge is 0.465 e. The summed E-state index contributed by atoms with van der Waals surface area (Å²) in [6, 6.07) is 6.93. The van der Waals surface area contributed by atoms with Crippen molar-refractivity contribution in [2.75, 3.05) is 12.4 Å². The van der Waals surface area contributed by atoms with Crippen LogP contribution in [0.4, 0.5) is 5.69 Å². The summed E-state index contributed by atoms with van der Waals surface area (Å²) in [5.41, 5.74) is 0.948. The maximum Gasteiger partial charge on any atom is 0.349 e. The second kappa shape index (κ2) is 6.62. The lowest BCUT2D eigenvalue weighted by atomic mass is 10.2. The van der Waals surface area contributed by atoms with E-state index in [2.05, 4.69) is 10.4 Å². The molecule has 0 aliphatic rings.